The Balaban J connectivity index is 2.07. The number of halogens is 2. The second kappa shape index (κ2) is 5.80. The number of rotatable bonds is 2. The second-order valence-corrected chi connectivity index (χ2v) is 5.59. The van der Waals surface area contributed by atoms with Crippen molar-refractivity contribution in [3.63, 3.8) is 0 Å². The normalized spacial score (nSPS) is 23.7. The Morgan fingerprint density at radius 3 is 3.00 bits per heavy atom. The average molecular weight is 315 g/mol. The largest absolute Gasteiger partial charge is 0.348 e. The highest BCUT2D eigenvalue weighted by Crippen LogP contribution is 2.17. The fourth-order valence-electron chi connectivity index (χ4n) is 2.10. The van der Waals surface area contributed by atoms with Crippen LogP contribution < -0.4 is 10.6 Å². The molecule has 0 aliphatic carbocycles. The molecule has 0 spiro atoms. The molecule has 1 heterocycles. The Morgan fingerprint density at radius 1 is 1.56 bits per heavy atom. The molecule has 0 saturated carbocycles. The minimum absolute atomic E-state index is 0.0642. The third-order valence-electron chi connectivity index (χ3n) is 3.32. The third-order valence-corrected chi connectivity index (χ3v) is 3.81. The quantitative estimate of drug-likeness (QED) is 0.879. The summed E-state index contributed by atoms with van der Waals surface area (Å²) < 4.78 is 14.3. The van der Waals surface area contributed by atoms with E-state index in [9.17, 15) is 9.18 Å². The van der Waals surface area contributed by atoms with Crippen LogP contribution in [0.2, 0.25) is 0 Å². The van der Waals surface area contributed by atoms with E-state index >= 15 is 0 Å². The van der Waals surface area contributed by atoms with Gasteiger partial charge in [-0.1, -0.05) is 22.9 Å². The van der Waals surface area contributed by atoms with Crippen LogP contribution in [0.4, 0.5) is 4.39 Å². The Hall–Kier alpha value is -0.940. The molecule has 2 atom stereocenters. The molecule has 2 unspecified atom stereocenters. The Kier molecular flexibility index (Phi) is 4.35. The SMILES string of the molecule is CC1CCNCC1NC(=O)c1ccc(Br)cc1F. The number of hydrogen-bond acceptors (Lipinski definition) is 2. The molecule has 0 bridgehead atoms. The zero-order chi connectivity index (χ0) is 13.1. The van der Waals surface area contributed by atoms with Gasteiger partial charge in [-0.25, -0.2) is 4.39 Å². The van der Waals surface area contributed by atoms with Gasteiger partial charge in [-0.05, 0) is 37.1 Å². The molecular weight excluding hydrogens is 299 g/mol. The Labute approximate surface area is 114 Å². The number of carbonyl (C=O) groups is 1. The smallest absolute Gasteiger partial charge is 0.254 e. The number of piperidine rings is 1. The minimum atomic E-state index is -0.502. The lowest BCUT2D eigenvalue weighted by Gasteiger charge is -2.30. The van der Waals surface area contributed by atoms with Gasteiger partial charge in [0, 0.05) is 17.1 Å². The summed E-state index contributed by atoms with van der Waals surface area (Å²) in [6.07, 6.45) is 1.02. The summed E-state index contributed by atoms with van der Waals surface area (Å²) in [6.45, 7) is 3.81. The van der Waals surface area contributed by atoms with E-state index in [4.69, 9.17) is 0 Å². The van der Waals surface area contributed by atoms with E-state index < -0.39 is 5.82 Å². The molecule has 0 radical (unpaired) electrons. The maximum Gasteiger partial charge on any atom is 0.254 e. The number of amides is 1. The number of benzene rings is 1. The average Bonchev–Trinajstić information content (AvgIpc) is 2.32. The van der Waals surface area contributed by atoms with Gasteiger partial charge in [0.05, 0.1) is 5.56 Å². The van der Waals surface area contributed by atoms with Crippen molar-refractivity contribution in [3.8, 4) is 0 Å². The molecule has 2 rings (SSSR count). The maximum atomic E-state index is 13.6. The van der Waals surface area contributed by atoms with E-state index in [-0.39, 0.29) is 17.5 Å². The number of hydrogen-bond donors (Lipinski definition) is 2. The van der Waals surface area contributed by atoms with Crippen molar-refractivity contribution >= 4 is 21.8 Å². The van der Waals surface area contributed by atoms with Crippen LogP contribution in [-0.4, -0.2) is 25.0 Å². The highest BCUT2D eigenvalue weighted by molar-refractivity contribution is 9.10. The molecule has 1 amide bonds. The maximum absolute atomic E-state index is 13.6. The van der Waals surface area contributed by atoms with Gasteiger partial charge in [0.2, 0.25) is 0 Å². The molecule has 3 nitrogen and oxygen atoms in total. The first kappa shape index (κ1) is 13.5. The first-order valence-corrected chi connectivity index (χ1v) is 6.84. The summed E-state index contributed by atoms with van der Waals surface area (Å²) in [5.74, 6) is -0.437. The summed E-state index contributed by atoms with van der Waals surface area (Å²) in [5.41, 5.74) is 0.0935. The van der Waals surface area contributed by atoms with E-state index in [1.165, 1.54) is 12.1 Å². The van der Waals surface area contributed by atoms with E-state index in [2.05, 4.69) is 33.5 Å². The lowest BCUT2D eigenvalue weighted by atomic mass is 9.94. The van der Waals surface area contributed by atoms with Crippen LogP contribution in [0.5, 0.6) is 0 Å². The van der Waals surface area contributed by atoms with Crippen LogP contribution in [0.3, 0.4) is 0 Å². The van der Waals surface area contributed by atoms with Gasteiger partial charge in [-0.2, -0.15) is 0 Å². The molecule has 18 heavy (non-hydrogen) atoms. The van der Waals surface area contributed by atoms with Crippen molar-refractivity contribution in [2.45, 2.75) is 19.4 Å². The minimum Gasteiger partial charge on any atom is -0.348 e. The molecule has 2 N–H and O–H groups in total. The van der Waals surface area contributed by atoms with Gasteiger partial charge >= 0.3 is 0 Å². The van der Waals surface area contributed by atoms with Gasteiger partial charge in [-0.3, -0.25) is 4.79 Å². The van der Waals surface area contributed by atoms with Gasteiger partial charge in [0.15, 0.2) is 0 Å². The molecular formula is C13H16BrFN2O. The summed E-state index contributed by atoms with van der Waals surface area (Å²) in [4.78, 5) is 12.0. The van der Waals surface area contributed by atoms with E-state index in [0.29, 0.717) is 10.4 Å². The highest BCUT2D eigenvalue weighted by atomic mass is 79.9. The van der Waals surface area contributed by atoms with Crippen LogP contribution in [-0.2, 0) is 0 Å². The van der Waals surface area contributed by atoms with Crippen LogP contribution >= 0.6 is 15.9 Å². The zero-order valence-electron chi connectivity index (χ0n) is 10.2. The van der Waals surface area contributed by atoms with Gasteiger partial charge in [-0.15, -0.1) is 0 Å². The highest BCUT2D eigenvalue weighted by Gasteiger charge is 2.24. The lowest BCUT2D eigenvalue weighted by molar-refractivity contribution is 0.0911. The molecule has 1 aliphatic rings. The van der Waals surface area contributed by atoms with Crippen molar-refractivity contribution in [1.82, 2.24) is 10.6 Å². The van der Waals surface area contributed by atoms with Gasteiger partial charge in [0.1, 0.15) is 5.82 Å². The van der Waals surface area contributed by atoms with Gasteiger partial charge < -0.3 is 10.6 Å². The van der Waals surface area contributed by atoms with Crippen LogP contribution in [0.25, 0.3) is 0 Å². The topological polar surface area (TPSA) is 41.1 Å². The second-order valence-electron chi connectivity index (χ2n) is 4.67. The van der Waals surface area contributed by atoms with Crippen molar-refractivity contribution < 1.29 is 9.18 Å². The fraction of sp³-hybridized carbons (Fsp3) is 0.462. The summed E-state index contributed by atoms with van der Waals surface area (Å²) in [6, 6.07) is 4.53. The number of carbonyl (C=O) groups excluding carboxylic acids is 1. The fourth-order valence-corrected chi connectivity index (χ4v) is 2.44. The molecule has 5 heteroatoms. The third kappa shape index (κ3) is 3.09. The molecule has 1 fully saturated rings. The van der Waals surface area contributed by atoms with Crippen molar-refractivity contribution in [3.05, 3.63) is 34.1 Å². The molecule has 1 aromatic rings. The van der Waals surface area contributed by atoms with Crippen LogP contribution in [0.15, 0.2) is 22.7 Å². The molecule has 1 aromatic carbocycles. The Bertz CT molecular complexity index is 453. The van der Waals surface area contributed by atoms with Crippen LogP contribution in [0.1, 0.15) is 23.7 Å². The first-order valence-electron chi connectivity index (χ1n) is 6.04. The zero-order valence-corrected chi connectivity index (χ0v) is 11.8. The van der Waals surface area contributed by atoms with E-state index in [0.717, 1.165) is 19.5 Å². The predicted molar refractivity (Wildman–Crippen MR) is 72.0 cm³/mol. The van der Waals surface area contributed by atoms with Crippen LogP contribution in [0, 0.1) is 11.7 Å². The van der Waals surface area contributed by atoms with E-state index in [1.54, 1.807) is 6.07 Å². The number of nitrogens with one attached hydrogen (secondary N) is 2. The molecule has 0 aromatic heterocycles. The summed E-state index contributed by atoms with van der Waals surface area (Å²) in [7, 11) is 0. The van der Waals surface area contributed by atoms with E-state index in [1.807, 2.05) is 0 Å². The monoisotopic (exact) mass is 314 g/mol. The Morgan fingerprint density at radius 2 is 2.33 bits per heavy atom. The van der Waals surface area contributed by atoms with Crippen molar-refractivity contribution in [2.75, 3.05) is 13.1 Å². The predicted octanol–water partition coefficient (Wildman–Crippen LogP) is 2.32. The molecule has 1 saturated heterocycles. The molecule has 98 valence electrons. The summed E-state index contributed by atoms with van der Waals surface area (Å²) in [5, 5.41) is 6.12. The first-order chi connectivity index (χ1) is 8.58. The lowest BCUT2D eigenvalue weighted by Crippen LogP contribution is -2.50. The van der Waals surface area contributed by atoms with Crippen molar-refractivity contribution in [1.29, 1.82) is 0 Å². The molecule has 1 aliphatic heterocycles. The standard InChI is InChI=1S/C13H16BrFN2O/c1-8-4-5-16-7-12(8)17-13(18)10-3-2-9(14)6-11(10)15/h2-3,6,8,12,16H,4-5,7H2,1H3,(H,17,18). The van der Waals surface area contributed by atoms with Gasteiger partial charge in [0.25, 0.3) is 5.91 Å². The van der Waals surface area contributed by atoms with Crippen molar-refractivity contribution in [2.24, 2.45) is 5.92 Å². The summed E-state index contributed by atoms with van der Waals surface area (Å²) >= 11 is 3.17.